The number of non-ortho nitro benzene ring substituents is 1. The summed E-state index contributed by atoms with van der Waals surface area (Å²) in [6, 6.07) is 5.43. The monoisotopic (exact) mass is 324 g/mol. The molecule has 1 heterocycles. The molecule has 0 aromatic heterocycles. The molecule has 0 radical (unpaired) electrons. The summed E-state index contributed by atoms with van der Waals surface area (Å²) in [6.07, 6.45) is 1.49. The highest BCUT2D eigenvalue weighted by Crippen LogP contribution is 2.23. The zero-order valence-corrected chi connectivity index (χ0v) is 12.6. The minimum Gasteiger partial charge on any atom is -0.480 e. The Morgan fingerprint density at radius 2 is 2.05 bits per heavy atom. The van der Waals surface area contributed by atoms with Crippen LogP contribution in [-0.2, 0) is 9.59 Å². The molecule has 8 heteroatoms. The van der Waals surface area contributed by atoms with Crippen LogP contribution >= 0.6 is 11.8 Å². The molecular formula is C14H16N2O5S. The third-order valence-electron chi connectivity index (χ3n) is 3.49. The fourth-order valence-electron chi connectivity index (χ4n) is 2.39. The third kappa shape index (κ3) is 3.97. The topological polar surface area (TPSA) is 101 Å². The Bertz CT molecular complexity index is 575. The van der Waals surface area contributed by atoms with Crippen molar-refractivity contribution in [1.29, 1.82) is 0 Å². The number of hydrogen-bond donors (Lipinski definition) is 1. The van der Waals surface area contributed by atoms with E-state index >= 15 is 0 Å². The summed E-state index contributed by atoms with van der Waals surface area (Å²) in [5, 5.41) is 19.6. The number of nitro benzene ring substituents is 1. The summed E-state index contributed by atoms with van der Waals surface area (Å²) >= 11 is 1.42. The van der Waals surface area contributed by atoms with Crippen LogP contribution in [0.15, 0.2) is 29.2 Å². The number of carbonyl (C=O) groups excluding carboxylic acids is 1. The fraction of sp³-hybridized carbons (Fsp3) is 0.429. The number of nitrogens with zero attached hydrogens (tertiary/aromatic N) is 2. The smallest absolute Gasteiger partial charge is 0.326 e. The molecule has 1 fully saturated rings. The number of carbonyl (C=O) groups is 2. The summed E-state index contributed by atoms with van der Waals surface area (Å²) in [6.45, 7) is 0.498. The van der Waals surface area contributed by atoms with E-state index in [1.165, 1.54) is 28.8 Å². The molecule has 1 aliphatic heterocycles. The molecule has 22 heavy (non-hydrogen) atoms. The normalized spacial score (nSPS) is 17.5. The van der Waals surface area contributed by atoms with E-state index in [1.807, 2.05) is 0 Å². The highest BCUT2D eigenvalue weighted by Gasteiger charge is 2.33. The zero-order valence-electron chi connectivity index (χ0n) is 11.8. The van der Waals surface area contributed by atoms with Gasteiger partial charge >= 0.3 is 5.97 Å². The van der Waals surface area contributed by atoms with E-state index in [4.69, 9.17) is 5.11 Å². The molecule has 1 unspecified atom stereocenters. The summed E-state index contributed by atoms with van der Waals surface area (Å²) < 4.78 is 0. The van der Waals surface area contributed by atoms with Crippen molar-refractivity contribution in [2.45, 2.75) is 30.2 Å². The maximum absolute atomic E-state index is 12.1. The van der Waals surface area contributed by atoms with Gasteiger partial charge in [0, 0.05) is 35.7 Å². The van der Waals surface area contributed by atoms with E-state index in [0.717, 1.165) is 11.3 Å². The molecule has 2 rings (SSSR count). The first kappa shape index (κ1) is 16.3. The second-order valence-corrected chi connectivity index (χ2v) is 6.10. The number of amides is 1. The molecular weight excluding hydrogens is 308 g/mol. The van der Waals surface area contributed by atoms with Crippen LogP contribution in [0.25, 0.3) is 0 Å². The number of thioether (sulfide) groups is 1. The van der Waals surface area contributed by atoms with Gasteiger partial charge in [-0.2, -0.15) is 0 Å². The van der Waals surface area contributed by atoms with E-state index in [9.17, 15) is 19.7 Å². The van der Waals surface area contributed by atoms with Gasteiger partial charge in [0.2, 0.25) is 5.91 Å². The van der Waals surface area contributed by atoms with E-state index in [1.54, 1.807) is 12.1 Å². The SMILES string of the molecule is O=C(O)C1CCCN1C(=O)CCSc1ccc([N+](=O)[O-])cc1. The number of nitro groups is 1. The summed E-state index contributed by atoms with van der Waals surface area (Å²) in [5.41, 5.74) is 0.0294. The van der Waals surface area contributed by atoms with Crippen LogP contribution in [0.4, 0.5) is 5.69 Å². The number of benzene rings is 1. The number of likely N-dealkylation sites (tertiary alicyclic amines) is 1. The van der Waals surface area contributed by atoms with E-state index in [0.29, 0.717) is 18.7 Å². The lowest BCUT2D eigenvalue weighted by atomic mass is 10.2. The molecule has 1 aromatic rings. The van der Waals surface area contributed by atoms with Gasteiger partial charge < -0.3 is 10.0 Å². The average Bonchev–Trinajstić information content (AvgIpc) is 2.97. The molecule has 1 N–H and O–H groups in total. The second kappa shape index (κ2) is 7.26. The lowest BCUT2D eigenvalue weighted by molar-refractivity contribution is -0.384. The lowest BCUT2D eigenvalue weighted by Gasteiger charge is -2.21. The summed E-state index contributed by atoms with van der Waals surface area (Å²) in [7, 11) is 0. The van der Waals surface area contributed by atoms with Crippen LogP contribution in [0.2, 0.25) is 0 Å². The number of rotatable bonds is 6. The Balaban J connectivity index is 1.81. The van der Waals surface area contributed by atoms with Gasteiger partial charge in [-0.3, -0.25) is 14.9 Å². The van der Waals surface area contributed by atoms with E-state index < -0.39 is 16.9 Å². The quantitative estimate of drug-likeness (QED) is 0.489. The van der Waals surface area contributed by atoms with Crippen molar-refractivity contribution in [1.82, 2.24) is 4.90 Å². The number of carboxylic acid groups (broad SMARTS) is 1. The molecule has 1 atom stereocenters. The molecule has 1 saturated heterocycles. The van der Waals surface area contributed by atoms with Gasteiger partial charge in [0.1, 0.15) is 6.04 Å². The summed E-state index contributed by atoms with van der Waals surface area (Å²) in [5.74, 6) is -0.590. The van der Waals surface area contributed by atoms with E-state index in [2.05, 4.69) is 0 Å². The third-order valence-corrected chi connectivity index (χ3v) is 4.50. The highest BCUT2D eigenvalue weighted by atomic mass is 32.2. The zero-order chi connectivity index (χ0) is 16.1. The molecule has 0 spiro atoms. The van der Waals surface area contributed by atoms with Crippen LogP contribution in [0.3, 0.4) is 0 Å². The highest BCUT2D eigenvalue weighted by molar-refractivity contribution is 7.99. The largest absolute Gasteiger partial charge is 0.480 e. The van der Waals surface area contributed by atoms with Crippen molar-refractivity contribution >= 4 is 29.3 Å². The Hall–Kier alpha value is -2.09. The van der Waals surface area contributed by atoms with Crippen molar-refractivity contribution in [3.05, 3.63) is 34.4 Å². The number of hydrogen-bond acceptors (Lipinski definition) is 5. The molecule has 0 aliphatic carbocycles. The Kier molecular flexibility index (Phi) is 5.37. The number of aliphatic carboxylic acids is 1. The average molecular weight is 324 g/mol. The van der Waals surface area contributed by atoms with Crippen LogP contribution in [0.5, 0.6) is 0 Å². The van der Waals surface area contributed by atoms with Crippen LogP contribution < -0.4 is 0 Å². The first-order valence-electron chi connectivity index (χ1n) is 6.88. The number of carboxylic acids is 1. The predicted octanol–water partition coefficient (Wildman–Crippen LogP) is 2.15. The van der Waals surface area contributed by atoms with Crippen LogP contribution in [0, 0.1) is 10.1 Å². The van der Waals surface area contributed by atoms with Crippen molar-refractivity contribution in [2.24, 2.45) is 0 Å². The van der Waals surface area contributed by atoms with Gasteiger partial charge in [-0.25, -0.2) is 4.79 Å². The van der Waals surface area contributed by atoms with Gasteiger partial charge in [-0.1, -0.05) is 0 Å². The van der Waals surface area contributed by atoms with Crippen LogP contribution in [0.1, 0.15) is 19.3 Å². The first-order valence-corrected chi connectivity index (χ1v) is 7.87. The fourth-order valence-corrected chi connectivity index (χ4v) is 3.23. The maximum atomic E-state index is 12.1. The minimum atomic E-state index is -0.950. The standard InChI is InChI=1S/C14H16N2O5S/c17-13(15-8-1-2-12(15)14(18)19)7-9-22-11-5-3-10(4-6-11)16(20)21/h3-6,12H,1-2,7-9H2,(H,18,19). The molecule has 7 nitrogen and oxygen atoms in total. The second-order valence-electron chi connectivity index (χ2n) is 4.93. The molecule has 1 aliphatic rings. The van der Waals surface area contributed by atoms with Crippen molar-refractivity contribution in [3.63, 3.8) is 0 Å². The van der Waals surface area contributed by atoms with Gasteiger partial charge in [0.05, 0.1) is 4.92 Å². The molecule has 0 saturated carbocycles. The summed E-state index contributed by atoms with van der Waals surface area (Å²) in [4.78, 5) is 35.5. The van der Waals surface area contributed by atoms with Crippen LogP contribution in [-0.4, -0.2) is 45.1 Å². The van der Waals surface area contributed by atoms with E-state index in [-0.39, 0.29) is 18.0 Å². The lowest BCUT2D eigenvalue weighted by Crippen LogP contribution is -2.40. The molecule has 118 valence electrons. The minimum absolute atomic E-state index is 0.0294. The molecule has 1 aromatic carbocycles. The van der Waals surface area contributed by atoms with Gasteiger partial charge in [0.25, 0.3) is 5.69 Å². The first-order chi connectivity index (χ1) is 10.5. The molecule has 0 bridgehead atoms. The van der Waals surface area contributed by atoms with Gasteiger partial charge in [-0.15, -0.1) is 11.8 Å². The Labute approximate surface area is 131 Å². The maximum Gasteiger partial charge on any atom is 0.326 e. The predicted molar refractivity (Wildman–Crippen MR) is 80.8 cm³/mol. The van der Waals surface area contributed by atoms with Crippen molar-refractivity contribution in [2.75, 3.05) is 12.3 Å². The Morgan fingerprint density at radius 3 is 2.64 bits per heavy atom. The Morgan fingerprint density at radius 1 is 1.36 bits per heavy atom. The molecule has 1 amide bonds. The van der Waals surface area contributed by atoms with Gasteiger partial charge in [0.15, 0.2) is 0 Å². The van der Waals surface area contributed by atoms with Gasteiger partial charge in [-0.05, 0) is 25.0 Å². The van der Waals surface area contributed by atoms with Crippen molar-refractivity contribution < 1.29 is 19.6 Å². The van der Waals surface area contributed by atoms with Crippen molar-refractivity contribution in [3.8, 4) is 0 Å².